The second-order valence-corrected chi connectivity index (χ2v) is 9.02. The molecule has 1 atom stereocenters. The number of hydrogen-bond donors (Lipinski definition) is 1. The fourth-order valence-corrected chi connectivity index (χ4v) is 4.14. The number of rotatable bonds is 6. The number of likely N-dealkylation sites (tertiary alicyclic amines) is 1. The zero-order valence-electron chi connectivity index (χ0n) is 14.0. The summed E-state index contributed by atoms with van der Waals surface area (Å²) in [4.78, 5) is 2.26. The Labute approximate surface area is 143 Å². The second-order valence-electron chi connectivity index (χ2n) is 6.93. The Kier molecular flexibility index (Phi) is 5.24. The largest absolute Gasteiger partial charge is 0.372 e. The highest BCUT2D eigenvalue weighted by atomic mass is 32.2. The molecule has 2 heterocycles. The van der Waals surface area contributed by atoms with Gasteiger partial charge in [0.25, 0.3) is 0 Å². The summed E-state index contributed by atoms with van der Waals surface area (Å²) >= 11 is 0. The number of benzene rings is 1. The molecule has 1 N–H and O–H groups in total. The van der Waals surface area contributed by atoms with Gasteiger partial charge in [0, 0.05) is 26.2 Å². The second kappa shape index (κ2) is 7.07. The van der Waals surface area contributed by atoms with Crippen molar-refractivity contribution in [1.29, 1.82) is 0 Å². The Bertz CT molecular complexity index is 664. The van der Waals surface area contributed by atoms with E-state index in [1.807, 2.05) is 6.07 Å². The van der Waals surface area contributed by atoms with Crippen molar-refractivity contribution in [3.63, 3.8) is 0 Å². The van der Waals surface area contributed by atoms with E-state index in [4.69, 9.17) is 4.74 Å². The highest BCUT2D eigenvalue weighted by molar-refractivity contribution is 7.89. The van der Waals surface area contributed by atoms with Crippen molar-refractivity contribution in [3.05, 3.63) is 35.6 Å². The van der Waals surface area contributed by atoms with E-state index in [-0.39, 0.29) is 23.1 Å². The third-order valence-electron chi connectivity index (χ3n) is 4.92. The SMILES string of the molecule is CCS(=O)(=O)NCC1CCC2(CN(Cc3cccc(F)c3)C2)OC1. The Morgan fingerprint density at radius 1 is 1.42 bits per heavy atom. The molecule has 24 heavy (non-hydrogen) atoms. The number of nitrogens with zero attached hydrogens (tertiary/aromatic N) is 1. The van der Waals surface area contributed by atoms with Crippen molar-refractivity contribution in [3.8, 4) is 0 Å². The Balaban J connectivity index is 1.42. The first-order valence-corrected chi connectivity index (χ1v) is 10.1. The van der Waals surface area contributed by atoms with Crippen molar-refractivity contribution in [2.24, 2.45) is 5.92 Å². The van der Waals surface area contributed by atoms with Crippen LogP contribution in [0.4, 0.5) is 4.39 Å². The first kappa shape index (κ1) is 17.8. The average molecular weight is 356 g/mol. The van der Waals surface area contributed by atoms with E-state index in [0.29, 0.717) is 13.2 Å². The number of ether oxygens (including phenoxy) is 1. The molecule has 134 valence electrons. The smallest absolute Gasteiger partial charge is 0.211 e. The summed E-state index contributed by atoms with van der Waals surface area (Å²) in [5.74, 6) is 0.155. The molecule has 0 bridgehead atoms. The molecule has 2 saturated heterocycles. The molecule has 0 radical (unpaired) electrons. The summed E-state index contributed by atoms with van der Waals surface area (Å²) in [6.45, 7) is 5.14. The molecular formula is C17H25FN2O3S. The molecule has 1 aromatic rings. The van der Waals surface area contributed by atoms with E-state index < -0.39 is 10.0 Å². The summed E-state index contributed by atoms with van der Waals surface area (Å²) in [5.41, 5.74) is 0.889. The Morgan fingerprint density at radius 3 is 2.83 bits per heavy atom. The molecule has 1 aromatic carbocycles. The molecule has 2 aliphatic rings. The van der Waals surface area contributed by atoms with E-state index in [2.05, 4.69) is 9.62 Å². The minimum Gasteiger partial charge on any atom is -0.372 e. The molecule has 3 rings (SSSR count). The molecule has 0 saturated carbocycles. The van der Waals surface area contributed by atoms with E-state index in [9.17, 15) is 12.8 Å². The maximum Gasteiger partial charge on any atom is 0.211 e. The van der Waals surface area contributed by atoms with Gasteiger partial charge in [0.2, 0.25) is 10.0 Å². The lowest BCUT2D eigenvalue weighted by Crippen LogP contribution is -2.64. The highest BCUT2D eigenvalue weighted by Gasteiger charge is 2.46. The third kappa shape index (κ3) is 4.33. The highest BCUT2D eigenvalue weighted by Crippen LogP contribution is 2.36. The van der Waals surface area contributed by atoms with Crippen molar-refractivity contribution in [2.45, 2.75) is 31.9 Å². The summed E-state index contributed by atoms with van der Waals surface area (Å²) in [6.07, 6.45) is 1.92. The Hall–Kier alpha value is -1.02. The lowest BCUT2D eigenvalue weighted by molar-refractivity contribution is -0.181. The first-order valence-electron chi connectivity index (χ1n) is 8.48. The predicted molar refractivity (Wildman–Crippen MR) is 90.5 cm³/mol. The number of nitrogens with one attached hydrogen (secondary N) is 1. The van der Waals surface area contributed by atoms with Gasteiger partial charge in [-0.2, -0.15) is 0 Å². The molecule has 2 fully saturated rings. The van der Waals surface area contributed by atoms with Gasteiger partial charge in [-0.05, 0) is 43.4 Å². The fourth-order valence-electron chi connectivity index (χ4n) is 3.45. The van der Waals surface area contributed by atoms with Crippen molar-refractivity contribution >= 4 is 10.0 Å². The van der Waals surface area contributed by atoms with Crippen LogP contribution >= 0.6 is 0 Å². The molecule has 1 spiro atoms. The molecule has 2 aliphatic heterocycles. The minimum atomic E-state index is -3.13. The van der Waals surface area contributed by atoms with Crippen LogP contribution in [0.15, 0.2) is 24.3 Å². The van der Waals surface area contributed by atoms with Gasteiger partial charge in [-0.1, -0.05) is 12.1 Å². The van der Waals surface area contributed by atoms with Gasteiger partial charge < -0.3 is 4.74 Å². The summed E-state index contributed by atoms with van der Waals surface area (Å²) in [5, 5.41) is 0. The van der Waals surface area contributed by atoms with E-state index in [1.54, 1.807) is 19.1 Å². The van der Waals surface area contributed by atoms with Crippen molar-refractivity contribution in [1.82, 2.24) is 9.62 Å². The molecular weight excluding hydrogens is 331 g/mol. The van der Waals surface area contributed by atoms with Crippen LogP contribution in [0.2, 0.25) is 0 Å². The number of sulfonamides is 1. The van der Waals surface area contributed by atoms with Gasteiger partial charge >= 0.3 is 0 Å². The quantitative estimate of drug-likeness (QED) is 0.844. The van der Waals surface area contributed by atoms with Crippen LogP contribution < -0.4 is 4.72 Å². The van der Waals surface area contributed by atoms with E-state index in [0.717, 1.165) is 38.0 Å². The zero-order chi connectivity index (χ0) is 17.2. The number of halogens is 1. The van der Waals surface area contributed by atoms with Crippen LogP contribution in [-0.2, 0) is 21.3 Å². The van der Waals surface area contributed by atoms with Gasteiger partial charge in [-0.3, -0.25) is 4.90 Å². The van der Waals surface area contributed by atoms with Gasteiger partial charge in [-0.15, -0.1) is 0 Å². The summed E-state index contributed by atoms with van der Waals surface area (Å²) in [7, 11) is -3.13. The van der Waals surface area contributed by atoms with Crippen LogP contribution in [0.25, 0.3) is 0 Å². The Morgan fingerprint density at radius 2 is 2.21 bits per heavy atom. The molecule has 0 amide bonds. The van der Waals surface area contributed by atoms with Gasteiger partial charge in [0.15, 0.2) is 0 Å². The fraction of sp³-hybridized carbons (Fsp3) is 0.647. The molecule has 1 unspecified atom stereocenters. The van der Waals surface area contributed by atoms with E-state index in [1.165, 1.54) is 6.07 Å². The first-order chi connectivity index (χ1) is 11.4. The van der Waals surface area contributed by atoms with Crippen LogP contribution in [0, 0.1) is 11.7 Å². The lowest BCUT2D eigenvalue weighted by atomic mass is 9.83. The topological polar surface area (TPSA) is 58.6 Å². The van der Waals surface area contributed by atoms with Crippen LogP contribution in [-0.4, -0.2) is 50.9 Å². The summed E-state index contributed by atoms with van der Waals surface area (Å²) < 4.78 is 44.9. The van der Waals surface area contributed by atoms with Crippen molar-refractivity contribution in [2.75, 3.05) is 32.0 Å². The predicted octanol–water partition coefficient (Wildman–Crippen LogP) is 1.75. The van der Waals surface area contributed by atoms with Crippen LogP contribution in [0.1, 0.15) is 25.3 Å². The van der Waals surface area contributed by atoms with Crippen LogP contribution in [0.5, 0.6) is 0 Å². The number of hydrogen-bond acceptors (Lipinski definition) is 4. The molecule has 5 nitrogen and oxygen atoms in total. The standard InChI is InChI=1S/C17H25FN2O3S/c1-2-24(21,22)19-9-15-6-7-17(23-11-15)12-20(13-17)10-14-4-3-5-16(18)8-14/h3-5,8,15,19H,2,6-7,9-13H2,1H3. The minimum absolute atomic E-state index is 0.0898. The lowest BCUT2D eigenvalue weighted by Gasteiger charge is -2.53. The van der Waals surface area contributed by atoms with E-state index >= 15 is 0 Å². The molecule has 0 aromatic heterocycles. The molecule has 7 heteroatoms. The van der Waals surface area contributed by atoms with Gasteiger partial charge in [0.1, 0.15) is 5.82 Å². The molecule has 0 aliphatic carbocycles. The third-order valence-corrected chi connectivity index (χ3v) is 6.29. The van der Waals surface area contributed by atoms with Crippen LogP contribution in [0.3, 0.4) is 0 Å². The monoisotopic (exact) mass is 356 g/mol. The summed E-state index contributed by atoms with van der Waals surface area (Å²) in [6, 6.07) is 6.70. The van der Waals surface area contributed by atoms with Gasteiger partial charge in [-0.25, -0.2) is 17.5 Å². The average Bonchev–Trinajstić information content (AvgIpc) is 2.53. The van der Waals surface area contributed by atoms with Crippen molar-refractivity contribution < 1.29 is 17.5 Å². The zero-order valence-corrected chi connectivity index (χ0v) is 14.8. The maximum absolute atomic E-state index is 13.2. The van der Waals surface area contributed by atoms with Gasteiger partial charge in [0.05, 0.1) is 18.0 Å². The normalized spacial score (nSPS) is 24.0. The maximum atomic E-state index is 13.2.